The fraction of sp³-hybridized carbons (Fsp3) is 0.179. The van der Waals surface area contributed by atoms with Crippen LogP contribution in [0.25, 0.3) is 22.0 Å². The molecule has 6 nitrogen and oxygen atoms in total. The lowest BCUT2D eigenvalue weighted by Gasteiger charge is -2.20. The number of benzene rings is 3. The molecule has 176 valence electrons. The van der Waals surface area contributed by atoms with Crippen LogP contribution in [-0.2, 0) is 4.79 Å². The number of hydrogen-bond donors (Lipinski definition) is 1. The maximum atomic E-state index is 13.4. The fourth-order valence-corrected chi connectivity index (χ4v) is 4.72. The van der Waals surface area contributed by atoms with Gasteiger partial charge in [-0.05, 0) is 48.4 Å². The second kappa shape index (κ2) is 9.39. The highest BCUT2D eigenvalue weighted by molar-refractivity contribution is 6.30. The molecule has 0 aliphatic carbocycles. The van der Waals surface area contributed by atoms with Gasteiger partial charge in [0.05, 0.1) is 23.9 Å². The number of amides is 1. The quantitative estimate of drug-likeness (QED) is 0.380. The van der Waals surface area contributed by atoms with Crippen LogP contribution in [-0.4, -0.2) is 28.2 Å². The van der Waals surface area contributed by atoms with Gasteiger partial charge in [0.25, 0.3) is 5.56 Å². The Labute approximate surface area is 207 Å². The van der Waals surface area contributed by atoms with Crippen LogP contribution in [0.15, 0.2) is 82.7 Å². The monoisotopic (exact) mass is 485 g/mol. The fourth-order valence-electron chi connectivity index (χ4n) is 4.60. The first kappa shape index (κ1) is 22.9. The van der Waals surface area contributed by atoms with Crippen molar-refractivity contribution < 1.29 is 9.53 Å². The lowest BCUT2D eigenvalue weighted by molar-refractivity contribution is -0.130. The number of para-hydroxylation sites is 1. The summed E-state index contributed by atoms with van der Waals surface area (Å²) in [6.45, 7) is 3.99. The average Bonchev–Trinajstić information content (AvgIpc) is 3.30. The summed E-state index contributed by atoms with van der Waals surface area (Å²) in [5, 5.41) is 7.64. The largest absolute Gasteiger partial charge is 0.494 e. The number of H-pyrrole nitrogens is 1. The molecule has 0 saturated heterocycles. The second-order valence-electron chi connectivity index (χ2n) is 8.39. The van der Waals surface area contributed by atoms with Crippen molar-refractivity contribution >= 4 is 34.1 Å². The molecule has 1 aromatic heterocycles. The van der Waals surface area contributed by atoms with Gasteiger partial charge in [-0.25, -0.2) is 5.01 Å². The first-order chi connectivity index (χ1) is 17.0. The Morgan fingerprint density at radius 1 is 1.06 bits per heavy atom. The maximum absolute atomic E-state index is 13.4. The minimum atomic E-state index is -0.317. The molecule has 2 heterocycles. The number of hydrazone groups is 1. The van der Waals surface area contributed by atoms with Gasteiger partial charge in [0.2, 0.25) is 5.91 Å². The molecular weight excluding hydrogens is 462 g/mol. The van der Waals surface area contributed by atoms with E-state index in [1.54, 1.807) is 12.1 Å². The molecule has 1 atom stereocenters. The third-order valence-electron chi connectivity index (χ3n) is 6.15. The predicted octanol–water partition coefficient (Wildman–Crippen LogP) is 5.94. The molecule has 0 spiro atoms. The van der Waals surface area contributed by atoms with Crippen molar-refractivity contribution in [1.82, 2.24) is 9.99 Å². The molecule has 4 aromatic rings. The molecule has 0 saturated carbocycles. The Hall–Kier alpha value is -3.90. The third-order valence-corrected chi connectivity index (χ3v) is 6.40. The highest BCUT2D eigenvalue weighted by Gasteiger charge is 2.34. The van der Waals surface area contributed by atoms with E-state index in [2.05, 4.69) is 10.1 Å². The number of aromatic nitrogens is 1. The van der Waals surface area contributed by atoms with Crippen LogP contribution in [0.5, 0.6) is 5.75 Å². The van der Waals surface area contributed by atoms with Crippen LogP contribution in [0.2, 0.25) is 5.02 Å². The number of aromatic amines is 1. The van der Waals surface area contributed by atoms with Gasteiger partial charge < -0.3 is 9.72 Å². The summed E-state index contributed by atoms with van der Waals surface area (Å²) in [7, 11) is 0. The smallest absolute Gasteiger partial charge is 0.258 e. The number of nitrogens with one attached hydrogen (secondary N) is 1. The zero-order valence-electron chi connectivity index (χ0n) is 19.4. The van der Waals surface area contributed by atoms with E-state index in [4.69, 9.17) is 16.3 Å². The summed E-state index contributed by atoms with van der Waals surface area (Å²) in [4.78, 5) is 29.0. The van der Waals surface area contributed by atoms with Crippen LogP contribution in [0.1, 0.15) is 37.4 Å². The molecule has 0 bridgehead atoms. The van der Waals surface area contributed by atoms with Crippen molar-refractivity contribution in [1.29, 1.82) is 0 Å². The molecular formula is C28H24ClN3O3. The van der Waals surface area contributed by atoms with Crippen molar-refractivity contribution in [2.24, 2.45) is 5.10 Å². The van der Waals surface area contributed by atoms with Crippen molar-refractivity contribution in [2.75, 3.05) is 6.61 Å². The Kier molecular flexibility index (Phi) is 6.14. The molecule has 1 unspecified atom stereocenters. The lowest BCUT2D eigenvalue weighted by Crippen LogP contribution is -2.24. The standard InChI is InChI=1S/C28H24ClN3O3/c1-3-35-21-14-10-18(11-15-21)25-16-24(31-32(25)17(2)33)27-26(19-8-12-20(29)13-9-19)22-6-4-5-7-23(22)30-28(27)34/h4-15,25H,3,16H2,1-2H3,(H,30,34). The molecule has 0 radical (unpaired) electrons. The minimum absolute atomic E-state index is 0.191. The van der Waals surface area contributed by atoms with Crippen LogP contribution in [0.3, 0.4) is 0 Å². The van der Waals surface area contributed by atoms with Gasteiger partial charge in [0.15, 0.2) is 0 Å². The molecule has 1 amide bonds. The van der Waals surface area contributed by atoms with Gasteiger partial charge in [-0.2, -0.15) is 5.10 Å². The van der Waals surface area contributed by atoms with Gasteiger partial charge in [-0.1, -0.05) is 54.1 Å². The summed E-state index contributed by atoms with van der Waals surface area (Å²) < 4.78 is 5.55. The van der Waals surface area contributed by atoms with E-state index in [9.17, 15) is 9.59 Å². The number of carbonyl (C=O) groups excluding carboxylic acids is 1. The maximum Gasteiger partial charge on any atom is 0.258 e. The van der Waals surface area contributed by atoms with Crippen molar-refractivity contribution in [3.05, 3.63) is 99.3 Å². The van der Waals surface area contributed by atoms with Crippen LogP contribution >= 0.6 is 11.6 Å². The van der Waals surface area contributed by atoms with Crippen LogP contribution < -0.4 is 10.3 Å². The highest BCUT2D eigenvalue weighted by Crippen LogP contribution is 2.37. The summed E-state index contributed by atoms with van der Waals surface area (Å²) in [5.41, 5.74) is 4.07. The normalized spacial score (nSPS) is 15.3. The van der Waals surface area contributed by atoms with Gasteiger partial charge in [-0.15, -0.1) is 0 Å². The zero-order valence-corrected chi connectivity index (χ0v) is 20.2. The molecule has 0 fully saturated rings. The number of nitrogens with zero attached hydrogens (tertiary/aromatic N) is 2. The number of fused-ring (bicyclic) bond motifs is 1. The predicted molar refractivity (Wildman–Crippen MR) is 139 cm³/mol. The molecule has 1 aliphatic rings. The molecule has 7 heteroatoms. The Balaban J connectivity index is 1.66. The van der Waals surface area contributed by atoms with E-state index in [0.29, 0.717) is 29.3 Å². The first-order valence-corrected chi connectivity index (χ1v) is 11.9. The number of ether oxygens (including phenoxy) is 1. The zero-order chi connectivity index (χ0) is 24.5. The summed E-state index contributed by atoms with van der Waals surface area (Å²) in [5.74, 6) is 0.574. The summed E-state index contributed by atoms with van der Waals surface area (Å²) >= 11 is 6.14. The lowest BCUT2D eigenvalue weighted by atomic mass is 9.91. The van der Waals surface area contributed by atoms with Crippen molar-refractivity contribution in [2.45, 2.75) is 26.3 Å². The SMILES string of the molecule is CCOc1ccc(C2CC(c3c(-c4ccc(Cl)cc4)c4ccccc4[nH]c3=O)=NN2C(C)=O)cc1. The molecule has 35 heavy (non-hydrogen) atoms. The highest BCUT2D eigenvalue weighted by atomic mass is 35.5. The first-order valence-electron chi connectivity index (χ1n) is 11.5. The number of hydrogen-bond acceptors (Lipinski definition) is 4. The molecule has 1 N–H and O–H groups in total. The molecule has 3 aromatic carbocycles. The third kappa shape index (κ3) is 4.33. The Bertz CT molecular complexity index is 1490. The van der Waals surface area contributed by atoms with Crippen molar-refractivity contribution in [3.8, 4) is 16.9 Å². The summed E-state index contributed by atoms with van der Waals surface area (Å²) in [6, 6.07) is 22.4. The Morgan fingerprint density at radius 3 is 2.46 bits per heavy atom. The van der Waals surface area contributed by atoms with Crippen LogP contribution in [0, 0.1) is 0 Å². The van der Waals surface area contributed by atoms with E-state index in [0.717, 1.165) is 33.3 Å². The summed E-state index contributed by atoms with van der Waals surface area (Å²) in [6.07, 6.45) is 0.412. The average molecular weight is 486 g/mol. The van der Waals surface area contributed by atoms with E-state index < -0.39 is 0 Å². The van der Waals surface area contributed by atoms with Gasteiger partial charge >= 0.3 is 0 Å². The van der Waals surface area contributed by atoms with E-state index in [1.807, 2.05) is 67.6 Å². The number of pyridine rings is 1. The van der Waals surface area contributed by atoms with Crippen LogP contribution in [0.4, 0.5) is 0 Å². The number of carbonyl (C=O) groups is 1. The number of halogens is 1. The second-order valence-corrected chi connectivity index (χ2v) is 8.83. The topological polar surface area (TPSA) is 74.8 Å². The van der Waals surface area contributed by atoms with E-state index >= 15 is 0 Å². The van der Waals surface area contributed by atoms with Gasteiger partial charge in [0.1, 0.15) is 5.75 Å². The Morgan fingerprint density at radius 2 is 1.77 bits per heavy atom. The molecule has 1 aliphatic heterocycles. The number of rotatable bonds is 5. The molecule has 5 rings (SSSR count). The van der Waals surface area contributed by atoms with Gasteiger partial charge in [0, 0.05) is 34.8 Å². The van der Waals surface area contributed by atoms with E-state index in [-0.39, 0.29) is 17.5 Å². The van der Waals surface area contributed by atoms with Gasteiger partial charge in [-0.3, -0.25) is 9.59 Å². The minimum Gasteiger partial charge on any atom is -0.494 e. The van der Waals surface area contributed by atoms with Crippen molar-refractivity contribution in [3.63, 3.8) is 0 Å². The van der Waals surface area contributed by atoms with E-state index in [1.165, 1.54) is 11.9 Å².